The van der Waals surface area contributed by atoms with Crippen molar-refractivity contribution in [2.45, 2.75) is 89.1 Å². The molecule has 4 fully saturated rings. The Kier molecular flexibility index (Phi) is 16.2. The minimum absolute atomic E-state index is 0.00409. The third-order valence-electron chi connectivity index (χ3n) is 15.1. The molecule has 3 aromatic rings. The molecule has 3 saturated carbocycles. The Hall–Kier alpha value is -5.41. The smallest absolute Gasteiger partial charge is 0.243 e. The van der Waals surface area contributed by atoms with Crippen molar-refractivity contribution in [2.75, 3.05) is 38.3 Å². The highest BCUT2D eigenvalue weighted by Gasteiger charge is 2.76. The van der Waals surface area contributed by atoms with Gasteiger partial charge >= 0.3 is 0 Å². The Labute approximate surface area is 424 Å². The van der Waals surface area contributed by atoms with E-state index in [0.717, 1.165) is 44.9 Å². The van der Waals surface area contributed by atoms with Gasteiger partial charge in [0.15, 0.2) is 23.5 Å². The summed E-state index contributed by atoms with van der Waals surface area (Å²) in [5.41, 5.74) is 0.993. The predicted octanol–water partition coefficient (Wildman–Crippen LogP) is 3.00. The van der Waals surface area contributed by atoms with Crippen molar-refractivity contribution in [3.05, 3.63) is 117 Å². The van der Waals surface area contributed by atoms with Crippen LogP contribution in [0.4, 0.5) is 0 Å². The molecule has 0 bridgehead atoms. The number of carbonyl (C=O) groups is 7. The SMILES string of the molecule is C[C@]12C=CC(=O)C=C1CC[C@@H]1[C@@H]2[C@@H](O)C[C@@]2(C)[C@H]1C[C@H]1O[C@@H](c3ccc(Cc4cccc(COCNC(=O)CNC(=O)[C@H](Cc5ccccc5)NC(=O)CNC(=O)CNC(=O)CBr)c4)s3)O[C@]12C(=O)CO. The second-order valence-corrected chi connectivity index (χ2v) is 21.2. The first-order valence-corrected chi connectivity index (χ1v) is 25.8. The van der Waals surface area contributed by atoms with Crippen molar-refractivity contribution in [3.8, 4) is 0 Å². The van der Waals surface area contributed by atoms with Crippen molar-refractivity contribution in [1.82, 2.24) is 26.6 Å². The lowest BCUT2D eigenvalue weighted by molar-refractivity contribution is -0.200. The molecule has 1 saturated heterocycles. The lowest BCUT2D eigenvalue weighted by Crippen LogP contribution is -2.63. The number of alkyl halides is 1. The van der Waals surface area contributed by atoms with E-state index in [1.807, 2.05) is 55.5 Å². The van der Waals surface area contributed by atoms with E-state index in [4.69, 9.17) is 14.2 Å². The van der Waals surface area contributed by atoms with E-state index in [-0.39, 0.29) is 61.7 Å². The van der Waals surface area contributed by atoms with Crippen molar-refractivity contribution in [3.63, 3.8) is 0 Å². The number of fused-ring (bicyclic) bond motifs is 7. The monoisotopic (exact) mass is 1060 g/mol. The Morgan fingerprint density at radius 3 is 2.38 bits per heavy atom. The summed E-state index contributed by atoms with van der Waals surface area (Å²) in [6.07, 6.45) is 6.18. The molecule has 5 amide bonds. The van der Waals surface area contributed by atoms with Gasteiger partial charge in [-0.1, -0.05) is 96.0 Å². The molecular weight excluding hydrogens is 999 g/mol. The first kappa shape index (κ1) is 51.9. The number of benzene rings is 2. The molecule has 7 N–H and O–H groups in total. The average molecular weight is 1060 g/mol. The van der Waals surface area contributed by atoms with E-state index >= 15 is 0 Å². The highest BCUT2D eigenvalue weighted by molar-refractivity contribution is 9.09. The molecule has 0 spiro atoms. The summed E-state index contributed by atoms with van der Waals surface area (Å²) in [6, 6.07) is 19.7. The van der Waals surface area contributed by atoms with Crippen molar-refractivity contribution in [2.24, 2.45) is 28.6 Å². The Bertz CT molecular complexity index is 2590. The van der Waals surface area contributed by atoms with Crippen LogP contribution in [0.25, 0.3) is 0 Å². The van der Waals surface area contributed by atoms with Crippen LogP contribution in [0.2, 0.25) is 0 Å². The second-order valence-electron chi connectivity index (χ2n) is 19.4. The zero-order valence-corrected chi connectivity index (χ0v) is 42.0. The fourth-order valence-electron chi connectivity index (χ4n) is 11.9. The summed E-state index contributed by atoms with van der Waals surface area (Å²) in [6.45, 7) is 2.36. The highest BCUT2D eigenvalue weighted by atomic mass is 79.9. The van der Waals surface area contributed by atoms with E-state index in [2.05, 4.69) is 49.4 Å². The third-order valence-corrected chi connectivity index (χ3v) is 16.7. The van der Waals surface area contributed by atoms with Crippen LogP contribution in [-0.4, -0.2) is 113 Å². The van der Waals surface area contributed by atoms with Gasteiger partial charge in [0.2, 0.25) is 29.5 Å². The van der Waals surface area contributed by atoms with Crippen LogP contribution >= 0.6 is 27.3 Å². The zero-order valence-electron chi connectivity index (χ0n) is 39.6. The van der Waals surface area contributed by atoms with Gasteiger partial charge in [0.1, 0.15) is 19.4 Å². The number of aliphatic hydroxyl groups is 2. The van der Waals surface area contributed by atoms with Gasteiger partial charge in [0, 0.05) is 34.5 Å². The third kappa shape index (κ3) is 11.0. The van der Waals surface area contributed by atoms with E-state index in [1.54, 1.807) is 36.4 Å². The minimum atomic E-state index is -1.44. The van der Waals surface area contributed by atoms with Crippen LogP contribution < -0.4 is 26.6 Å². The molecule has 5 aliphatic rings. The number of halogens is 1. The molecular formula is C52H60BrN5O12S. The van der Waals surface area contributed by atoms with Gasteiger partial charge in [-0.3, -0.25) is 33.6 Å². The fourth-order valence-corrected chi connectivity index (χ4v) is 13.1. The van der Waals surface area contributed by atoms with Crippen LogP contribution in [0.1, 0.15) is 72.3 Å². The number of ether oxygens (including phenoxy) is 3. The number of hydrogen-bond donors (Lipinski definition) is 7. The number of ketones is 2. The number of allylic oxidation sites excluding steroid dienone is 4. The van der Waals surface area contributed by atoms with Gasteiger partial charge in [0.25, 0.3) is 0 Å². The number of Topliss-reactive ketones (excluding diaryl/α,β-unsaturated/α-hetero) is 1. The summed E-state index contributed by atoms with van der Waals surface area (Å²) in [4.78, 5) is 90.2. The molecule has 1 aromatic heterocycles. The summed E-state index contributed by atoms with van der Waals surface area (Å²) in [7, 11) is 0. The zero-order chi connectivity index (χ0) is 50.5. The molecule has 19 heteroatoms. The highest BCUT2D eigenvalue weighted by Crippen LogP contribution is 2.70. The van der Waals surface area contributed by atoms with E-state index in [9.17, 15) is 43.8 Å². The molecule has 4 aliphatic carbocycles. The van der Waals surface area contributed by atoms with Crippen LogP contribution in [0, 0.1) is 28.6 Å². The summed E-state index contributed by atoms with van der Waals surface area (Å²) < 4.78 is 19.2. The van der Waals surface area contributed by atoms with Gasteiger partial charge in [0.05, 0.1) is 48.7 Å². The number of thiophene rings is 1. The average Bonchev–Trinajstić information content (AvgIpc) is 4.05. The lowest BCUT2D eigenvalue weighted by Gasteiger charge is -2.59. The number of carbonyl (C=O) groups excluding carboxylic acids is 7. The number of rotatable bonds is 20. The maximum atomic E-state index is 14.0. The largest absolute Gasteiger partial charge is 0.393 e. The van der Waals surface area contributed by atoms with Crippen LogP contribution in [-0.2, 0) is 67.2 Å². The normalized spacial score (nSPS) is 28.5. The Morgan fingerprint density at radius 2 is 1.61 bits per heavy atom. The molecule has 8 rings (SSSR count). The minimum Gasteiger partial charge on any atom is -0.393 e. The topological polar surface area (TPSA) is 248 Å². The quantitative estimate of drug-likeness (QED) is 0.0491. The van der Waals surface area contributed by atoms with E-state index < -0.39 is 89.4 Å². The summed E-state index contributed by atoms with van der Waals surface area (Å²) in [5, 5.41) is 35.0. The molecule has 2 heterocycles. The van der Waals surface area contributed by atoms with Gasteiger partial charge in [-0.05, 0) is 78.5 Å². The molecule has 71 heavy (non-hydrogen) atoms. The molecule has 10 atom stereocenters. The lowest BCUT2D eigenvalue weighted by atomic mass is 9.46. The van der Waals surface area contributed by atoms with Gasteiger partial charge in [-0.2, -0.15) is 0 Å². The second kappa shape index (κ2) is 22.1. The maximum absolute atomic E-state index is 14.0. The predicted molar refractivity (Wildman–Crippen MR) is 263 cm³/mol. The number of nitrogens with one attached hydrogen (secondary N) is 5. The van der Waals surface area contributed by atoms with E-state index in [1.165, 1.54) is 11.3 Å². The van der Waals surface area contributed by atoms with E-state index in [0.29, 0.717) is 19.3 Å². The van der Waals surface area contributed by atoms with Gasteiger partial charge in [-0.25, -0.2) is 0 Å². The van der Waals surface area contributed by atoms with Crippen molar-refractivity contribution >= 4 is 68.4 Å². The Morgan fingerprint density at radius 1 is 0.887 bits per heavy atom. The first-order valence-electron chi connectivity index (χ1n) is 23.9. The molecule has 0 radical (unpaired) electrons. The Balaban J connectivity index is 0.812. The van der Waals surface area contributed by atoms with Crippen LogP contribution in [0.15, 0.2) is 90.5 Å². The van der Waals surface area contributed by atoms with Crippen molar-refractivity contribution < 1.29 is 58.0 Å². The first-order chi connectivity index (χ1) is 34.1. The maximum Gasteiger partial charge on any atom is 0.243 e. The summed E-state index contributed by atoms with van der Waals surface area (Å²) >= 11 is 4.50. The van der Waals surface area contributed by atoms with Gasteiger partial charge in [-0.15, -0.1) is 11.3 Å². The molecule has 17 nitrogen and oxygen atoms in total. The molecule has 2 aromatic carbocycles. The van der Waals surface area contributed by atoms with Crippen LogP contribution in [0.3, 0.4) is 0 Å². The van der Waals surface area contributed by atoms with Crippen LogP contribution in [0.5, 0.6) is 0 Å². The number of amides is 5. The molecule has 0 unspecified atom stereocenters. The standard InChI is InChI=1S/C52H60BrN5O12S/c1-50-16-15-34(60)20-33(50)11-13-36-37-21-42-52(41(62)27-59,51(37,2)22-39(61)47(36)50)70-49(69-42)40-14-12-35(71-40)18-31-9-6-10-32(17-31)28-68-29-57-45(65)25-56-48(67)38(19-30-7-4-3-5-8-30)58-46(66)26-55-44(64)24-54-43(63)23-53/h3-10,12,14-17,20,36-39,42,47,49,59,61H,11,13,18-19,21-29H2,1-2H3,(H,54,63)(H,55,64)(H,56,67)(H,57,65)(H,58,66)/t36-,37-,38-,39-,42+,47+,49+,50-,51-,52+/m0/s1. The fraction of sp³-hybridized carbons (Fsp3) is 0.481. The number of hydrogen-bond acceptors (Lipinski definition) is 13. The summed E-state index contributed by atoms with van der Waals surface area (Å²) in [5.74, 6) is -3.26. The molecule has 1 aliphatic heterocycles. The number of aliphatic hydroxyl groups excluding tert-OH is 2. The van der Waals surface area contributed by atoms with Gasteiger partial charge < -0.3 is 51.0 Å². The molecule has 378 valence electrons. The van der Waals surface area contributed by atoms with Crippen molar-refractivity contribution in [1.29, 1.82) is 0 Å².